The van der Waals surface area contributed by atoms with E-state index in [1.165, 1.54) is 6.20 Å². The molecular formula is C14H20Cl2N4O2. The molecule has 0 spiro atoms. The third-order valence-electron chi connectivity index (χ3n) is 3.13. The van der Waals surface area contributed by atoms with E-state index in [9.17, 15) is 4.79 Å². The van der Waals surface area contributed by atoms with Gasteiger partial charge in [-0.25, -0.2) is 9.78 Å². The zero-order valence-electron chi connectivity index (χ0n) is 12.9. The number of nitrogens with zero attached hydrogens (tertiary/aromatic N) is 3. The molecule has 1 N–H and O–H groups in total. The van der Waals surface area contributed by atoms with E-state index in [4.69, 9.17) is 27.9 Å². The molecule has 1 fully saturated rings. The number of carbonyl (C=O) groups excluding carboxylic acids is 1. The summed E-state index contributed by atoms with van der Waals surface area (Å²) in [7, 11) is 0. The summed E-state index contributed by atoms with van der Waals surface area (Å²) in [6.45, 7) is 6.17. The van der Waals surface area contributed by atoms with Crippen molar-refractivity contribution in [1.82, 2.24) is 14.9 Å². The van der Waals surface area contributed by atoms with E-state index in [2.05, 4.69) is 15.3 Å². The van der Waals surface area contributed by atoms with Crippen molar-refractivity contribution < 1.29 is 9.53 Å². The second kappa shape index (κ2) is 6.87. The van der Waals surface area contributed by atoms with Gasteiger partial charge < -0.3 is 10.1 Å². The highest BCUT2D eigenvalue weighted by atomic mass is 35.5. The van der Waals surface area contributed by atoms with Gasteiger partial charge in [0.25, 0.3) is 0 Å². The molecule has 0 aromatic carbocycles. The van der Waals surface area contributed by atoms with Gasteiger partial charge >= 0.3 is 6.09 Å². The van der Waals surface area contributed by atoms with E-state index >= 15 is 0 Å². The lowest BCUT2D eigenvalue weighted by atomic mass is 10.1. The normalized spacial score (nSPS) is 19.0. The first-order valence-corrected chi connectivity index (χ1v) is 7.96. The monoisotopic (exact) mass is 346 g/mol. The lowest BCUT2D eigenvalue weighted by Crippen LogP contribution is -2.49. The molecule has 1 aliphatic heterocycles. The molecule has 2 heterocycles. The average Bonchev–Trinajstić information content (AvgIpc) is 2.41. The third kappa shape index (κ3) is 4.61. The Balaban J connectivity index is 2.09. The Morgan fingerprint density at radius 3 is 2.77 bits per heavy atom. The minimum atomic E-state index is -0.529. The van der Waals surface area contributed by atoms with Crippen LogP contribution in [0.5, 0.6) is 0 Å². The van der Waals surface area contributed by atoms with Gasteiger partial charge in [0.2, 0.25) is 5.95 Å². The first-order chi connectivity index (χ1) is 10.3. The Morgan fingerprint density at radius 1 is 1.41 bits per heavy atom. The van der Waals surface area contributed by atoms with E-state index in [-0.39, 0.29) is 17.4 Å². The van der Waals surface area contributed by atoms with Gasteiger partial charge in [0.05, 0.1) is 11.2 Å². The molecule has 0 saturated carbocycles. The molecule has 0 bridgehead atoms. The third-order valence-corrected chi connectivity index (χ3v) is 3.79. The van der Waals surface area contributed by atoms with E-state index < -0.39 is 5.60 Å². The molecule has 0 radical (unpaired) electrons. The van der Waals surface area contributed by atoms with Crippen LogP contribution in [0.1, 0.15) is 40.0 Å². The minimum absolute atomic E-state index is 0.179. The van der Waals surface area contributed by atoms with Gasteiger partial charge in [0.15, 0.2) is 5.15 Å². The lowest BCUT2D eigenvalue weighted by Gasteiger charge is -2.36. The highest BCUT2D eigenvalue weighted by Gasteiger charge is 2.30. The number of halogens is 2. The fraction of sp³-hybridized carbons (Fsp3) is 0.643. The summed E-state index contributed by atoms with van der Waals surface area (Å²) in [4.78, 5) is 22.1. The molecule has 122 valence electrons. The molecular weight excluding hydrogens is 327 g/mol. The fourth-order valence-electron chi connectivity index (χ4n) is 2.19. The zero-order chi connectivity index (χ0) is 16.3. The topological polar surface area (TPSA) is 67.3 Å². The van der Waals surface area contributed by atoms with E-state index in [0.29, 0.717) is 17.5 Å². The van der Waals surface area contributed by atoms with E-state index in [1.54, 1.807) is 4.90 Å². The van der Waals surface area contributed by atoms with E-state index in [0.717, 1.165) is 19.3 Å². The Hall–Kier alpha value is -1.27. The van der Waals surface area contributed by atoms with Crippen molar-refractivity contribution in [2.75, 3.05) is 11.9 Å². The summed E-state index contributed by atoms with van der Waals surface area (Å²) in [6.07, 6.45) is 3.62. The first-order valence-electron chi connectivity index (χ1n) is 7.20. The molecule has 8 heteroatoms. The predicted molar refractivity (Wildman–Crippen MR) is 86.3 cm³/mol. The summed E-state index contributed by atoms with van der Waals surface area (Å²) in [5, 5.41) is 3.60. The number of hydrogen-bond donors (Lipinski definition) is 1. The average molecular weight is 347 g/mol. The molecule has 1 aromatic rings. The zero-order valence-corrected chi connectivity index (χ0v) is 14.4. The molecule has 22 heavy (non-hydrogen) atoms. The molecule has 1 saturated heterocycles. The van der Waals surface area contributed by atoms with Crippen molar-refractivity contribution in [2.24, 2.45) is 0 Å². The van der Waals surface area contributed by atoms with Crippen LogP contribution < -0.4 is 5.32 Å². The first kappa shape index (κ1) is 17.1. The maximum absolute atomic E-state index is 12.3. The lowest BCUT2D eigenvalue weighted by molar-refractivity contribution is 0.0129. The molecule has 1 unspecified atom stereocenters. The Labute approximate surface area is 140 Å². The predicted octanol–water partition coefficient (Wildman–Crippen LogP) is 3.94. The Morgan fingerprint density at radius 2 is 2.14 bits per heavy atom. The van der Waals surface area contributed by atoms with Crippen LogP contribution in [-0.2, 0) is 4.74 Å². The van der Waals surface area contributed by atoms with Crippen LogP contribution in [0.25, 0.3) is 0 Å². The number of hydrogen-bond acceptors (Lipinski definition) is 5. The number of aromatic nitrogens is 2. The smallest absolute Gasteiger partial charge is 0.411 e. The van der Waals surface area contributed by atoms with Crippen LogP contribution in [0.3, 0.4) is 0 Å². The largest absolute Gasteiger partial charge is 0.444 e. The van der Waals surface area contributed by atoms with Crippen LogP contribution in [0.2, 0.25) is 10.2 Å². The van der Waals surface area contributed by atoms with Crippen molar-refractivity contribution in [3.8, 4) is 0 Å². The summed E-state index contributed by atoms with van der Waals surface area (Å²) in [5.41, 5.74) is -0.529. The molecule has 0 aliphatic carbocycles. The quantitative estimate of drug-likeness (QED) is 0.821. The van der Waals surface area contributed by atoms with Crippen molar-refractivity contribution in [3.63, 3.8) is 0 Å². The number of rotatable bonds is 2. The van der Waals surface area contributed by atoms with Crippen LogP contribution in [0, 0.1) is 0 Å². The number of carbonyl (C=O) groups is 1. The maximum Gasteiger partial charge on any atom is 0.411 e. The molecule has 2 rings (SSSR count). The fourth-order valence-corrected chi connectivity index (χ4v) is 2.41. The number of piperidine rings is 1. The minimum Gasteiger partial charge on any atom is -0.444 e. The highest BCUT2D eigenvalue weighted by molar-refractivity contribution is 6.41. The summed E-state index contributed by atoms with van der Waals surface area (Å²) >= 11 is 11.7. The summed E-state index contributed by atoms with van der Waals surface area (Å²) in [6, 6.07) is 0. The number of likely N-dealkylation sites (tertiary alicyclic amines) is 1. The second-order valence-corrected chi connectivity index (χ2v) is 6.93. The van der Waals surface area contributed by atoms with Gasteiger partial charge in [-0.1, -0.05) is 23.2 Å². The number of anilines is 1. The summed E-state index contributed by atoms with van der Waals surface area (Å²) in [5.74, 6) is 0.342. The van der Waals surface area contributed by atoms with Gasteiger partial charge in [0, 0.05) is 6.54 Å². The van der Waals surface area contributed by atoms with Crippen molar-refractivity contribution in [2.45, 2.75) is 51.8 Å². The Kier molecular flexibility index (Phi) is 5.34. The van der Waals surface area contributed by atoms with Crippen molar-refractivity contribution in [1.29, 1.82) is 0 Å². The van der Waals surface area contributed by atoms with Crippen molar-refractivity contribution >= 4 is 35.2 Å². The summed E-state index contributed by atoms with van der Waals surface area (Å²) < 4.78 is 5.45. The molecule has 1 atom stereocenters. The molecule has 1 aromatic heterocycles. The van der Waals surface area contributed by atoms with Crippen LogP contribution in [0.15, 0.2) is 6.20 Å². The molecule has 6 nitrogen and oxygen atoms in total. The highest BCUT2D eigenvalue weighted by Crippen LogP contribution is 2.23. The number of amides is 1. The maximum atomic E-state index is 12.3. The van der Waals surface area contributed by atoms with E-state index in [1.807, 2.05) is 20.8 Å². The number of ether oxygens (including phenoxy) is 1. The standard InChI is InChI=1S/C14H20Cl2N4O2/c1-14(2,3)22-13(21)20-7-5-4-6-10(20)18-12-17-8-9(15)11(16)19-12/h8,10H,4-7H2,1-3H3,(H,17,18,19). The molecule has 1 amide bonds. The van der Waals surface area contributed by atoms with Crippen LogP contribution >= 0.6 is 23.2 Å². The van der Waals surface area contributed by atoms with Gasteiger partial charge in [-0.05, 0) is 40.0 Å². The second-order valence-electron chi connectivity index (χ2n) is 6.16. The SMILES string of the molecule is CC(C)(C)OC(=O)N1CCCCC1Nc1ncc(Cl)c(Cl)n1. The Bertz CT molecular complexity index is 548. The van der Waals surface area contributed by atoms with Gasteiger partial charge in [-0.2, -0.15) is 4.98 Å². The van der Waals surface area contributed by atoms with Gasteiger partial charge in [0.1, 0.15) is 11.8 Å². The van der Waals surface area contributed by atoms with Gasteiger partial charge in [-0.15, -0.1) is 0 Å². The van der Waals surface area contributed by atoms with Gasteiger partial charge in [-0.3, -0.25) is 4.90 Å². The van der Waals surface area contributed by atoms with Crippen LogP contribution in [0.4, 0.5) is 10.7 Å². The van der Waals surface area contributed by atoms with Crippen molar-refractivity contribution in [3.05, 3.63) is 16.4 Å². The molecule has 1 aliphatic rings. The number of nitrogens with one attached hydrogen (secondary N) is 1. The van der Waals surface area contributed by atoms with Crippen LogP contribution in [-0.4, -0.2) is 39.3 Å².